The van der Waals surface area contributed by atoms with Gasteiger partial charge in [0.1, 0.15) is 0 Å². The molecule has 5 nitrogen and oxygen atoms in total. The lowest BCUT2D eigenvalue weighted by Gasteiger charge is -2.56. The molecule has 5 fully saturated rings. The number of amides is 2. The minimum absolute atomic E-state index is 0.0543. The Morgan fingerprint density at radius 3 is 2.08 bits per heavy atom. The maximum atomic E-state index is 12.4. The molecule has 0 saturated heterocycles. The molecule has 134 valence electrons. The molecule has 0 aromatic rings. The SMILES string of the molecule is NC(CNC(=O)CNC(=O)CC12CC3CC(CC(C3)C1)C2)C1CC1. The van der Waals surface area contributed by atoms with Crippen LogP contribution in [0, 0.1) is 29.1 Å². The minimum Gasteiger partial charge on any atom is -0.353 e. The number of hydrogen-bond donors (Lipinski definition) is 3. The standard InChI is InChI=1S/C19H31N3O2/c20-16(15-1-2-15)10-21-18(24)11-22-17(23)9-19-6-12-3-13(7-19)5-14(4-12)8-19/h12-16H,1-11,20H2,(H,21,24)(H,22,23). The van der Waals surface area contributed by atoms with Crippen molar-refractivity contribution in [3.63, 3.8) is 0 Å². The lowest BCUT2D eigenvalue weighted by atomic mass is 9.49. The molecule has 5 heteroatoms. The van der Waals surface area contributed by atoms with E-state index < -0.39 is 0 Å². The first-order valence-corrected chi connectivity index (χ1v) is 9.80. The summed E-state index contributed by atoms with van der Waals surface area (Å²) in [5.41, 5.74) is 6.22. The van der Waals surface area contributed by atoms with Crippen molar-refractivity contribution in [2.45, 2.75) is 63.8 Å². The molecule has 24 heavy (non-hydrogen) atoms. The van der Waals surface area contributed by atoms with Crippen molar-refractivity contribution >= 4 is 11.8 Å². The van der Waals surface area contributed by atoms with Crippen LogP contribution < -0.4 is 16.4 Å². The van der Waals surface area contributed by atoms with Gasteiger partial charge in [-0.15, -0.1) is 0 Å². The Hall–Kier alpha value is -1.10. The maximum Gasteiger partial charge on any atom is 0.239 e. The molecule has 1 atom stereocenters. The van der Waals surface area contributed by atoms with Crippen molar-refractivity contribution in [3.05, 3.63) is 0 Å². The van der Waals surface area contributed by atoms with Crippen molar-refractivity contribution in [1.29, 1.82) is 0 Å². The topological polar surface area (TPSA) is 84.2 Å². The van der Waals surface area contributed by atoms with E-state index in [1.54, 1.807) is 0 Å². The summed E-state index contributed by atoms with van der Waals surface area (Å²) in [6.07, 6.45) is 10.8. The summed E-state index contributed by atoms with van der Waals surface area (Å²) >= 11 is 0. The van der Waals surface area contributed by atoms with Gasteiger partial charge in [0, 0.05) is 19.0 Å². The Bertz CT molecular complexity index is 479. The van der Waals surface area contributed by atoms with E-state index in [4.69, 9.17) is 5.73 Å². The Labute approximate surface area is 144 Å². The minimum atomic E-state index is -0.120. The largest absolute Gasteiger partial charge is 0.353 e. The maximum absolute atomic E-state index is 12.4. The van der Waals surface area contributed by atoms with Crippen LogP contribution in [-0.4, -0.2) is 30.9 Å². The first-order valence-electron chi connectivity index (χ1n) is 9.80. The summed E-state index contributed by atoms with van der Waals surface area (Å²) in [6.45, 7) is 0.608. The van der Waals surface area contributed by atoms with Crippen molar-refractivity contribution in [3.8, 4) is 0 Å². The van der Waals surface area contributed by atoms with Crippen molar-refractivity contribution < 1.29 is 9.59 Å². The first-order chi connectivity index (χ1) is 11.5. The summed E-state index contributed by atoms with van der Waals surface area (Å²) in [7, 11) is 0. The van der Waals surface area contributed by atoms with Gasteiger partial charge in [-0.05, 0) is 80.5 Å². The van der Waals surface area contributed by atoms with Gasteiger partial charge >= 0.3 is 0 Å². The van der Waals surface area contributed by atoms with Gasteiger partial charge in [0.2, 0.25) is 11.8 Å². The number of carbonyl (C=O) groups is 2. The highest BCUT2D eigenvalue weighted by Gasteiger charge is 2.51. The lowest BCUT2D eigenvalue weighted by Crippen LogP contribution is -2.49. The molecule has 4 N–H and O–H groups in total. The third-order valence-corrected chi connectivity index (χ3v) is 6.91. The van der Waals surface area contributed by atoms with Crippen molar-refractivity contribution in [2.24, 2.45) is 34.8 Å². The Balaban J connectivity index is 1.20. The van der Waals surface area contributed by atoms with Gasteiger partial charge in [0.15, 0.2) is 0 Å². The van der Waals surface area contributed by atoms with Crippen LogP contribution in [0.25, 0.3) is 0 Å². The second kappa shape index (κ2) is 6.32. The first kappa shape index (κ1) is 16.4. The Kier molecular flexibility index (Phi) is 4.31. The van der Waals surface area contributed by atoms with Gasteiger partial charge in [0.25, 0.3) is 0 Å². The second-order valence-corrected chi connectivity index (χ2v) is 9.18. The van der Waals surface area contributed by atoms with Crippen molar-refractivity contribution in [2.75, 3.05) is 13.1 Å². The number of carbonyl (C=O) groups excluding carboxylic acids is 2. The van der Waals surface area contributed by atoms with Gasteiger partial charge in [-0.3, -0.25) is 9.59 Å². The van der Waals surface area contributed by atoms with Crippen LogP contribution in [0.15, 0.2) is 0 Å². The number of nitrogens with two attached hydrogens (primary N) is 1. The van der Waals surface area contributed by atoms with Crippen LogP contribution in [0.3, 0.4) is 0 Å². The van der Waals surface area contributed by atoms with E-state index in [0.29, 0.717) is 18.9 Å². The molecule has 0 aromatic heterocycles. The summed E-state index contributed by atoms with van der Waals surface area (Å²) in [6, 6.07) is 0.0664. The summed E-state index contributed by atoms with van der Waals surface area (Å²) < 4.78 is 0. The quantitative estimate of drug-likeness (QED) is 0.661. The van der Waals surface area contributed by atoms with Crippen LogP contribution in [0.1, 0.15) is 57.8 Å². The van der Waals surface area contributed by atoms with E-state index in [2.05, 4.69) is 10.6 Å². The molecular weight excluding hydrogens is 302 g/mol. The predicted octanol–water partition coefficient (Wildman–Crippen LogP) is 1.56. The average Bonchev–Trinajstić information content (AvgIpc) is 3.33. The highest BCUT2D eigenvalue weighted by molar-refractivity contribution is 5.85. The fraction of sp³-hybridized carbons (Fsp3) is 0.895. The van der Waals surface area contributed by atoms with Crippen LogP contribution in [-0.2, 0) is 9.59 Å². The lowest BCUT2D eigenvalue weighted by molar-refractivity contribution is -0.131. The molecule has 0 radical (unpaired) electrons. The zero-order valence-corrected chi connectivity index (χ0v) is 14.6. The van der Waals surface area contributed by atoms with E-state index in [-0.39, 0.29) is 29.8 Å². The summed E-state index contributed by atoms with van der Waals surface area (Å²) in [4.78, 5) is 24.3. The molecule has 4 bridgehead atoms. The molecule has 5 aliphatic carbocycles. The van der Waals surface area contributed by atoms with Crippen LogP contribution in [0.4, 0.5) is 0 Å². The van der Waals surface area contributed by atoms with Gasteiger partial charge in [-0.1, -0.05) is 0 Å². The number of nitrogens with one attached hydrogen (secondary N) is 2. The molecule has 5 rings (SSSR count). The monoisotopic (exact) mass is 333 g/mol. The molecular formula is C19H31N3O2. The van der Waals surface area contributed by atoms with Crippen molar-refractivity contribution in [1.82, 2.24) is 10.6 Å². The van der Waals surface area contributed by atoms with Gasteiger partial charge in [-0.2, -0.15) is 0 Å². The van der Waals surface area contributed by atoms with Gasteiger partial charge < -0.3 is 16.4 Å². The molecule has 1 unspecified atom stereocenters. The molecule has 5 saturated carbocycles. The van der Waals surface area contributed by atoms with E-state index in [0.717, 1.165) is 17.8 Å². The normalized spacial score (nSPS) is 38.0. The smallest absolute Gasteiger partial charge is 0.239 e. The molecule has 5 aliphatic rings. The Morgan fingerprint density at radius 1 is 0.958 bits per heavy atom. The zero-order valence-electron chi connectivity index (χ0n) is 14.6. The number of hydrogen-bond acceptors (Lipinski definition) is 3. The third kappa shape index (κ3) is 3.61. The fourth-order valence-corrected chi connectivity index (χ4v) is 6.07. The van der Waals surface area contributed by atoms with Crippen LogP contribution in [0.5, 0.6) is 0 Å². The highest BCUT2D eigenvalue weighted by Crippen LogP contribution is 2.61. The molecule has 0 spiro atoms. The van der Waals surface area contributed by atoms with Crippen LogP contribution in [0.2, 0.25) is 0 Å². The molecule has 0 aromatic carbocycles. The van der Waals surface area contributed by atoms with E-state index in [1.165, 1.54) is 51.4 Å². The highest BCUT2D eigenvalue weighted by atomic mass is 16.2. The summed E-state index contributed by atoms with van der Waals surface area (Å²) in [5.74, 6) is 3.09. The van der Waals surface area contributed by atoms with E-state index >= 15 is 0 Å². The molecule has 0 heterocycles. The molecule has 0 aliphatic heterocycles. The molecule has 2 amide bonds. The Morgan fingerprint density at radius 2 is 1.54 bits per heavy atom. The zero-order chi connectivity index (χ0) is 16.7. The van der Waals surface area contributed by atoms with E-state index in [1.807, 2.05) is 0 Å². The summed E-state index contributed by atoms with van der Waals surface area (Å²) in [5, 5.41) is 5.67. The average molecular weight is 333 g/mol. The predicted molar refractivity (Wildman–Crippen MR) is 91.9 cm³/mol. The van der Waals surface area contributed by atoms with Gasteiger partial charge in [-0.25, -0.2) is 0 Å². The second-order valence-electron chi connectivity index (χ2n) is 9.18. The number of rotatable bonds is 7. The van der Waals surface area contributed by atoms with Gasteiger partial charge in [0.05, 0.1) is 6.54 Å². The fourth-order valence-electron chi connectivity index (χ4n) is 6.07. The van der Waals surface area contributed by atoms with Crippen LogP contribution >= 0.6 is 0 Å². The third-order valence-electron chi connectivity index (χ3n) is 6.91. The van der Waals surface area contributed by atoms with E-state index in [9.17, 15) is 9.59 Å².